The number of amides is 1. The highest BCUT2D eigenvalue weighted by molar-refractivity contribution is 7.09. The SMILES string of the molecule is CCOc1cc2c(nc1C(=O)NC)C(=N)N(CC(=O)c1cc(OCCCc3nccs3)c(OCCCC(=O)O)c(C(C)(C)C)c1)C2. The molecule has 0 saturated carbocycles. The number of amidine groups is 1. The molecule has 3 heterocycles. The fourth-order valence-electron chi connectivity index (χ4n) is 5.00. The third-order valence-corrected chi connectivity index (χ3v) is 8.13. The molecule has 2 aromatic heterocycles. The van der Waals surface area contributed by atoms with Gasteiger partial charge in [0, 0.05) is 54.7 Å². The number of nitrogens with one attached hydrogen (secondary N) is 2. The first-order valence-corrected chi connectivity index (χ1v) is 16.1. The minimum absolute atomic E-state index is 0.0267. The maximum Gasteiger partial charge on any atom is 0.303 e. The van der Waals surface area contributed by atoms with E-state index in [0.29, 0.717) is 60.1 Å². The number of Topliss-reactive ketones (excluding diaryl/α,β-unsaturated/α-hetero) is 1. The predicted octanol–water partition coefficient (Wildman–Crippen LogP) is 4.87. The summed E-state index contributed by atoms with van der Waals surface area (Å²) in [6.45, 7) is 8.87. The molecule has 4 rings (SSSR count). The molecule has 0 unspecified atom stereocenters. The van der Waals surface area contributed by atoms with E-state index in [0.717, 1.165) is 17.0 Å². The van der Waals surface area contributed by atoms with Crippen molar-refractivity contribution in [2.75, 3.05) is 33.4 Å². The first-order valence-electron chi connectivity index (χ1n) is 15.2. The summed E-state index contributed by atoms with van der Waals surface area (Å²) in [5.41, 5.74) is 1.82. The van der Waals surface area contributed by atoms with Crippen molar-refractivity contribution in [2.24, 2.45) is 0 Å². The Morgan fingerprint density at radius 2 is 1.85 bits per heavy atom. The molecule has 1 amide bonds. The lowest BCUT2D eigenvalue weighted by Gasteiger charge is -2.26. The molecule has 3 N–H and O–H groups in total. The number of fused-ring (bicyclic) bond motifs is 1. The zero-order valence-electron chi connectivity index (χ0n) is 26.9. The van der Waals surface area contributed by atoms with Crippen molar-refractivity contribution < 1.29 is 33.7 Å². The number of benzene rings is 1. The lowest BCUT2D eigenvalue weighted by molar-refractivity contribution is -0.137. The Balaban J connectivity index is 1.60. The number of ether oxygens (including phenoxy) is 3. The second-order valence-electron chi connectivity index (χ2n) is 11.8. The highest BCUT2D eigenvalue weighted by Gasteiger charge is 2.32. The minimum atomic E-state index is -0.900. The van der Waals surface area contributed by atoms with E-state index in [2.05, 4.69) is 15.3 Å². The van der Waals surface area contributed by atoms with Gasteiger partial charge in [-0.05, 0) is 43.4 Å². The summed E-state index contributed by atoms with van der Waals surface area (Å²) < 4.78 is 18.0. The summed E-state index contributed by atoms with van der Waals surface area (Å²) >= 11 is 1.58. The predicted molar refractivity (Wildman–Crippen MR) is 174 cm³/mol. The highest BCUT2D eigenvalue weighted by Crippen LogP contribution is 2.41. The fraction of sp³-hybridized carbons (Fsp3) is 0.455. The van der Waals surface area contributed by atoms with Gasteiger partial charge in [0.15, 0.2) is 28.7 Å². The molecule has 13 heteroatoms. The van der Waals surface area contributed by atoms with E-state index in [1.54, 1.807) is 40.6 Å². The van der Waals surface area contributed by atoms with Crippen LogP contribution in [0.15, 0.2) is 29.8 Å². The topological polar surface area (TPSA) is 164 Å². The van der Waals surface area contributed by atoms with Crippen molar-refractivity contribution in [3.8, 4) is 17.2 Å². The van der Waals surface area contributed by atoms with Gasteiger partial charge in [0.1, 0.15) is 11.5 Å². The molecule has 0 atom stereocenters. The van der Waals surface area contributed by atoms with Crippen molar-refractivity contribution in [1.29, 1.82) is 5.41 Å². The van der Waals surface area contributed by atoms with Crippen LogP contribution in [0.5, 0.6) is 17.2 Å². The van der Waals surface area contributed by atoms with Gasteiger partial charge in [-0.3, -0.25) is 19.8 Å². The Hall–Kier alpha value is -4.52. The van der Waals surface area contributed by atoms with Crippen LogP contribution in [0.2, 0.25) is 0 Å². The van der Waals surface area contributed by atoms with Crippen molar-refractivity contribution in [1.82, 2.24) is 20.2 Å². The Kier molecular flexibility index (Phi) is 11.3. The number of aryl methyl sites for hydroxylation is 1. The summed E-state index contributed by atoms with van der Waals surface area (Å²) in [4.78, 5) is 47.7. The fourth-order valence-corrected chi connectivity index (χ4v) is 5.66. The van der Waals surface area contributed by atoms with Crippen LogP contribution < -0.4 is 19.5 Å². The number of carbonyl (C=O) groups is 3. The summed E-state index contributed by atoms with van der Waals surface area (Å²) in [6, 6.07) is 5.16. The Bertz CT molecular complexity index is 1580. The standard InChI is InChI=1S/C33H41N5O7S/c1-6-43-24-17-21-18-38(31(34)28(21)37-29(24)32(42)35-5)19-23(39)20-15-22(33(2,3)4)30(45-13-8-10-27(40)41)25(16-20)44-12-7-9-26-36-11-14-46-26/h11,14-17,34H,6-10,12-13,18-19H2,1-5H3,(H,35,42)(H,40,41). The van der Waals surface area contributed by atoms with Crippen molar-refractivity contribution >= 4 is 34.8 Å². The summed E-state index contributed by atoms with van der Waals surface area (Å²) in [5, 5.41) is 23.3. The normalized spacial score (nSPS) is 12.5. The maximum absolute atomic E-state index is 13.8. The maximum atomic E-state index is 13.8. The molecule has 0 aliphatic carbocycles. The van der Waals surface area contributed by atoms with Crippen LogP contribution in [-0.4, -0.2) is 76.9 Å². The first-order chi connectivity index (χ1) is 21.9. The van der Waals surface area contributed by atoms with Gasteiger partial charge >= 0.3 is 5.97 Å². The van der Waals surface area contributed by atoms with Gasteiger partial charge in [-0.15, -0.1) is 11.3 Å². The van der Waals surface area contributed by atoms with Crippen LogP contribution in [0.3, 0.4) is 0 Å². The van der Waals surface area contributed by atoms with Crippen LogP contribution in [0.1, 0.15) is 89.6 Å². The van der Waals surface area contributed by atoms with Gasteiger partial charge in [-0.25, -0.2) is 9.97 Å². The molecular weight excluding hydrogens is 610 g/mol. The number of carbonyl (C=O) groups excluding carboxylic acids is 2. The number of rotatable bonds is 16. The van der Waals surface area contributed by atoms with Gasteiger partial charge in [-0.2, -0.15) is 0 Å². The lowest BCUT2D eigenvalue weighted by atomic mass is 9.84. The molecule has 1 aliphatic heterocycles. The van der Waals surface area contributed by atoms with Gasteiger partial charge in [-0.1, -0.05) is 20.8 Å². The Morgan fingerprint density at radius 3 is 2.50 bits per heavy atom. The van der Waals surface area contributed by atoms with Crippen LogP contribution >= 0.6 is 11.3 Å². The third-order valence-electron chi connectivity index (χ3n) is 7.29. The first kappa shape index (κ1) is 34.4. The monoisotopic (exact) mass is 651 g/mol. The molecule has 0 radical (unpaired) electrons. The Labute approximate surface area is 272 Å². The average Bonchev–Trinajstić information content (AvgIpc) is 3.63. The smallest absolute Gasteiger partial charge is 0.303 e. The van der Waals surface area contributed by atoms with Gasteiger partial charge in [0.25, 0.3) is 5.91 Å². The molecule has 46 heavy (non-hydrogen) atoms. The van der Waals surface area contributed by atoms with Crippen molar-refractivity contribution in [3.05, 3.63) is 62.9 Å². The molecule has 246 valence electrons. The van der Waals surface area contributed by atoms with Gasteiger partial charge in [0.2, 0.25) is 0 Å². The average molecular weight is 652 g/mol. The van der Waals surface area contributed by atoms with Gasteiger partial charge in [0.05, 0.1) is 31.4 Å². The van der Waals surface area contributed by atoms with Crippen molar-refractivity contribution in [2.45, 2.75) is 65.3 Å². The molecule has 1 aromatic carbocycles. The van der Waals surface area contributed by atoms with Crippen LogP contribution in [-0.2, 0) is 23.2 Å². The van der Waals surface area contributed by atoms with Crippen LogP contribution in [0.25, 0.3) is 0 Å². The molecule has 0 bridgehead atoms. The molecule has 0 fully saturated rings. The highest BCUT2D eigenvalue weighted by atomic mass is 32.1. The Morgan fingerprint density at radius 1 is 1.09 bits per heavy atom. The number of carboxylic acids is 1. The number of aromatic nitrogens is 2. The second kappa shape index (κ2) is 15.2. The van der Waals surface area contributed by atoms with Crippen LogP contribution in [0, 0.1) is 5.41 Å². The van der Waals surface area contributed by atoms with E-state index in [1.807, 2.05) is 33.1 Å². The van der Waals surface area contributed by atoms with Crippen molar-refractivity contribution in [3.63, 3.8) is 0 Å². The third kappa shape index (κ3) is 8.39. The summed E-state index contributed by atoms with van der Waals surface area (Å²) in [5.74, 6) is -0.292. The molecule has 0 saturated heterocycles. The minimum Gasteiger partial charge on any atom is -0.491 e. The number of aliphatic carboxylic acids is 1. The number of nitrogens with zero attached hydrogens (tertiary/aromatic N) is 3. The zero-order valence-corrected chi connectivity index (χ0v) is 27.7. The van der Waals surface area contributed by atoms with E-state index >= 15 is 0 Å². The zero-order chi connectivity index (χ0) is 33.4. The van der Waals surface area contributed by atoms with E-state index in [1.165, 1.54) is 7.05 Å². The number of thiazole rings is 1. The quantitative estimate of drug-likeness (QED) is 0.144. The van der Waals surface area contributed by atoms with E-state index in [4.69, 9.17) is 24.7 Å². The number of pyridine rings is 1. The van der Waals surface area contributed by atoms with E-state index < -0.39 is 17.3 Å². The lowest BCUT2D eigenvalue weighted by Crippen LogP contribution is -2.31. The van der Waals surface area contributed by atoms with E-state index in [-0.39, 0.29) is 43.4 Å². The largest absolute Gasteiger partial charge is 0.491 e. The van der Waals surface area contributed by atoms with Gasteiger partial charge < -0.3 is 29.5 Å². The number of ketones is 1. The summed E-state index contributed by atoms with van der Waals surface area (Å²) in [6.07, 6.45) is 3.51. The molecular formula is C33H41N5O7S. The molecule has 12 nitrogen and oxygen atoms in total. The van der Waals surface area contributed by atoms with Crippen LogP contribution in [0.4, 0.5) is 0 Å². The molecule has 0 spiro atoms. The number of hydrogen-bond acceptors (Lipinski definition) is 10. The molecule has 3 aromatic rings. The second-order valence-corrected chi connectivity index (χ2v) is 12.8. The number of hydrogen-bond donors (Lipinski definition) is 3. The van der Waals surface area contributed by atoms with E-state index in [9.17, 15) is 14.4 Å². The molecule has 1 aliphatic rings. The number of carboxylic acid groups (broad SMARTS) is 1. The summed E-state index contributed by atoms with van der Waals surface area (Å²) in [7, 11) is 1.50.